The lowest BCUT2D eigenvalue weighted by Crippen LogP contribution is -2.25. The molecule has 108 valence electrons. The van der Waals surface area contributed by atoms with Gasteiger partial charge in [-0.2, -0.15) is 5.10 Å². The lowest BCUT2D eigenvalue weighted by molar-refractivity contribution is 0.0941. The molecule has 0 aliphatic heterocycles. The van der Waals surface area contributed by atoms with Gasteiger partial charge in [-0.3, -0.25) is 9.48 Å². The van der Waals surface area contributed by atoms with Crippen LogP contribution in [0.4, 0.5) is 0 Å². The highest BCUT2D eigenvalue weighted by Crippen LogP contribution is 2.14. The molecule has 0 bridgehead atoms. The fourth-order valence-corrected chi connectivity index (χ4v) is 2.46. The predicted molar refractivity (Wildman–Crippen MR) is 77.8 cm³/mol. The van der Waals surface area contributed by atoms with Crippen LogP contribution in [0.25, 0.3) is 0 Å². The molecule has 0 spiro atoms. The van der Waals surface area contributed by atoms with Crippen LogP contribution in [0.2, 0.25) is 0 Å². The number of nitrogens with zero attached hydrogens (tertiary/aromatic N) is 4. The minimum Gasteiger partial charge on any atom is -0.344 e. The lowest BCUT2D eigenvalue weighted by Gasteiger charge is -2.02. The molecule has 0 radical (unpaired) electrons. The van der Waals surface area contributed by atoms with Gasteiger partial charge in [0.05, 0.1) is 12.2 Å². The van der Waals surface area contributed by atoms with Crippen LogP contribution in [0.1, 0.15) is 52.9 Å². The second kappa shape index (κ2) is 6.13. The van der Waals surface area contributed by atoms with E-state index < -0.39 is 0 Å². The number of carbonyl (C=O) groups excluding carboxylic acids is 1. The van der Waals surface area contributed by atoms with Gasteiger partial charge < -0.3 is 5.32 Å². The van der Waals surface area contributed by atoms with Gasteiger partial charge in [-0.1, -0.05) is 32.1 Å². The van der Waals surface area contributed by atoms with E-state index in [1.54, 1.807) is 11.7 Å². The predicted octanol–water partition coefficient (Wildman–Crippen LogP) is 1.89. The Kier molecular flexibility index (Phi) is 4.49. The summed E-state index contributed by atoms with van der Waals surface area (Å²) in [5, 5.41) is 17.1. The number of aromatic nitrogens is 4. The third-order valence-electron chi connectivity index (χ3n) is 2.93. The monoisotopic (exact) mass is 293 g/mol. The Morgan fingerprint density at radius 3 is 2.65 bits per heavy atom. The fourth-order valence-electron chi connectivity index (χ4n) is 1.73. The Labute approximate surface area is 122 Å². The average Bonchev–Trinajstić information content (AvgIpc) is 3.02. The molecule has 0 atom stereocenters. The molecule has 2 rings (SSSR count). The van der Waals surface area contributed by atoms with Crippen LogP contribution in [-0.2, 0) is 20.0 Å². The van der Waals surface area contributed by atoms with Gasteiger partial charge in [-0.05, 0) is 18.4 Å². The maximum absolute atomic E-state index is 12.1. The zero-order valence-electron chi connectivity index (χ0n) is 12.2. The number of rotatable bonds is 5. The quantitative estimate of drug-likeness (QED) is 0.913. The van der Waals surface area contributed by atoms with E-state index in [0.29, 0.717) is 18.2 Å². The van der Waals surface area contributed by atoms with Crippen LogP contribution in [0.5, 0.6) is 0 Å². The molecular formula is C13H19N5OS. The van der Waals surface area contributed by atoms with Crippen molar-refractivity contribution in [2.45, 2.75) is 39.7 Å². The molecule has 7 heteroatoms. The summed E-state index contributed by atoms with van der Waals surface area (Å²) in [7, 11) is 1.78. The molecule has 0 aliphatic rings. The van der Waals surface area contributed by atoms with Gasteiger partial charge in [-0.25, -0.2) is 0 Å². The highest BCUT2D eigenvalue weighted by atomic mass is 32.1. The Morgan fingerprint density at radius 1 is 1.40 bits per heavy atom. The summed E-state index contributed by atoms with van der Waals surface area (Å²) < 4.78 is 1.61. The summed E-state index contributed by atoms with van der Waals surface area (Å²) in [6.07, 6.45) is 0.866. The molecule has 0 fully saturated rings. The van der Waals surface area contributed by atoms with Crippen LogP contribution < -0.4 is 5.32 Å². The van der Waals surface area contributed by atoms with E-state index >= 15 is 0 Å². The Bertz CT molecular complexity index is 602. The Morgan fingerprint density at radius 2 is 2.10 bits per heavy atom. The average molecular weight is 293 g/mol. The van der Waals surface area contributed by atoms with Crippen LogP contribution in [0.15, 0.2) is 6.07 Å². The summed E-state index contributed by atoms with van der Waals surface area (Å²) in [6, 6.07) is 1.83. The minimum absolute atomic E-state index is 0.139. The van der Waals surface area contributed by atoms with Gasteiger partial charge >= 0.3 is 0 Å². The van der Waals surface area contributed by atoms with Crippen LogP contribution in [0, 0.1) is 0 Å². The van der Waals surface area contributed by atoms with E-state index in [1.807, 2.05) is 13.0 Å². The van der Waals surface area contributed by atoms with Crippen LogP contribution in [-0.4, -0.2) is 25.9 Å². The summed E-state index contributed by atoms with van der Waals surface area (Å²) in [5.74, 6) is 0.165. The van der Waals surface area contributed by atoms with E-state index in [4.69, 9.17) is 0 Å². The molecule has 6 nitrogen and oxygen atoms in total. The first-order valence-electron chi connectivity index (χ1n) is 6.64. The molecular weight excluding hydrogens is 274 g/mol. The van der Waals surface area contributed by atoms with Crippen molar-refractivity contribution in [2.75, 3.05) is 0 Å². The molecule has 1 N–H and O–H groups in total. The van der Waals surface area contributed by atoms with E-state index in [-0.39, 0.29) is 5.91 Å². The van der Waals surface area contributed by atoms with Crippen LogP contribution >= 0.6 is 11.3 Å². The lowest BCUT2D eigenvalue weighted by atomic mass is 10.1. The molecule has 0 saturated carbocycles. The molecule has 0 aliphatic carbocycles. The number of hydrogen-bond acceptors (Lipinski definition) is 5. The maximum atomic E-state index is 12.1. The first-order chi connectivity index (χ1) is 9.51. The highest BCUT2D eigenvalue weighted by Gasteiger charge is 2.15. The van der Waals surface area contributed by atoms with E-state index in [0.717, 1.165) is 22.1 Å². The van der Waals surface area contributed by atoms with Crippen molar-refractivity contribution in [2.24, 2.45) is 7.05 Å². The number of carbonyl (C=O) groups is 1. The van der Waals surface area contributed by atoms with Crippen molar-refractivity contribution >= 4 is 17.2 Å². The van der Waals surface area contributed by atoms with Gasteiger partial charge in [-0.15, -0.1) is 10.2 Å². The third-order valence-corrected chi connectivity index (χ3v) is 4.00. The number of amides is 1. The fraction of sp³-hybridized carbons (Fsp3) is 0.538. The zero-order valence-corrected chi connectivity index (χ0v) is 13.0. The smallest absolute Gasteiger partial charge is 0.269 e. The second-order valence-corrected chi connectivity index (χ2v) is 6.01. The highest BCUT2D eigenvalue weighted by molar-refractivity contribution is 7.11. The van der Waals surface area contributed by atoms with Crippen molar-refractivity contribution in [3.05, 3.63) is 27.5 Å². The molecule has 1 amide bonds. The minimum atomic E-state index is -0.139. The largest absolute Gasteiger partial charge is 0.344 e. The summed E-state index contributed by atoms with van der Waals surface area (Å²) in [5.41, 5.74) is 1.48. The zero-order chi connectivity index (χ0) is 14.7. The standard InChI is InChI=1S/C13H19N5OS/c1-5-11-15-16-12(20-11)7-14-13(19)10-6-9(8(2)3)17-18(10)4/h6,8H,5,7H2,1-4H3,(H,14,19). The summed E-state index contributed by atoms with van der Waals surface area (Å²) in [6.45, 7) is 6.54. The van der Waals surface area contributed by atoms with Crippen molar-refractivity contribution < 1.29 is 4.79 Å². The maximum Gasteiger partial charge on any atom is 0.269 e. The molecule has 2 aromatic heterocycles. The van der Waals surface area contributed by atoms with Gasteiger partial charge in [0.2, 0.25) is 0 Å². The Hall–Kier alpha value is -1.76. The van der Waals surface area contributed by atoms with E-state index in [9.17, 15) is 4.79 Å². The SMILES string of the molecule is CCc1nnc(CNC(=O)c2cc(C(C)C)nn2C)s1. The first-order valence-corrected chi connectivity index (χ1v) is 7.46. The van der Waals surface area contributed by atoms with Crippen LogP contribution in [0.3, 0.4) is 0 Å². The second-order valence-electron chi connectivity index (χ2n) is 4.86. The van der Waals surface area contributed by atoms with Gasteiger partial charge in [0, 0.05) is 7.05 Å². The van der Waals surface area contributed by atoms with Crippen molar-refractivity contribution in [1.29, 1.82) is 0 Å². The molecule has 0 saturated heterocycles. The molecule has 2 heterocycles. The first kappa shape index (κ1) is 14.6. The third kappa shape index (κ3) is 3.22. The molecule has 0 aromatic carbocycles. The van der Waals surface area contributed by atoms with Gasteiger partial charge in [0.25, 0.3) is 5.91 Å². The number of hydrogen-bond donors (Lipinski definition) is 1. The van der Waals surface area contributed by atoms with E-state index in [1.165, 1.54) is 11.3 Å². The molecule has 20 heavy (non-hydrogen) atoms. The summed E-state index contributed by atoms with van der Waals surface area (Å²) in [4.78, 5) is 12.1. The van der Waals surface area contributed by atoms with Gasteiger partial charge in [0.1, 0.15) is 15.7 Å². The molecule has 2 aromatic rings. The molecule has 0 unspecified atom stereocenters. The number of aryl methyl sites for hydroxylation is 2. The van der Waals surface area contributed by atoms with Gasteiger partial charge in [0.15, 0.2) is 0 Å². The number of nitrogens with one attached hydrogen (secondary N) is 1. The summed E-state index contributed by atoms with van der Waals surface area (Å²) >= 11 is 1.52. The normalized spacial score (nSPS) is 11.1. The van der Waals surface area contributed by atoms with E-state index in [2.05, 4.69) is 34.5 Å². The van der Waals surface area contributed by atoms with Crippen molar-refractivity contribution in [3.63, 3.8) is 0 Å². The van der Waals surface area contributed by atoms with Crippen molar-refractivity contribution in [1.82, 2.24) is 25.3 Å². The topological polar surface area (TPSA) is 72.7 Å². The Balaban J connectivity index is 2.01. The van der Waals surface area contributed by atoms with Crippen molar-refractivity contribution in [3.8, 4) is 0 Å².